The minimum absolute atomic E-state index is 0.754. The van der Waals surface area contributed by atoms with Crippen LogP contribution in [0.25, 0.3) is 5.65 Å². The molecule has 0 amide bonds. The first-order valence-electron chi connectivity index (χ1n) is 5.59. The van der Waals surface area contributed by atoms with Crippen molar-refractivity contribution in [2.45, 2.75) is 6.92 Å². The van der Waals surface area contributed by atoms with Crippen LogP contribution in [-0.2, 0) is 4.74 Å². The number of fused-ring (bicyclic) bond motifs is 1. The van der Waals surface area contributed by atoms with Gasteiger partial charge in [0.1, 0.15) is 4.60 Å². The Morgan fingerprint density at radius 1 is 1.35 bits per heavy atom. The lowest BCUT2D eigenvalue weighted by Crippen LogP contribution is -2.37. The smallest absolute Gasteiger partial charge is 0.181 e. The van der Waals surface area contributed by atoms with Crippen LogP contribution >= 0.6 is 15.9 Å². The molecule has 0 N–H and O–H groups in total. The summed E-state index contributed by atoms with van der Waals surface area (Å²) in [4.78, 5) is 11.2. The predicted octanol–water partition coefficient (Wildman–Crippen LogP) is 1.64. The molecular weight excluding hydrogens is 284 g/mol. The van der Waals surface area contributed by atoms with Gasteiger partial charge in [0.25, 0.3) is 0 Å². The van der Waals surface area contributed by atoms with Crippen molar-refractivity contribution >= 4 is 27.4 Å². The normalized spacial score (nSPS) is 16.7. The van der Waals surface area contributed by atoms with Crippen molar-refractivity contribution in [2.24, 2.45) is 0 Å². The molecule has 0 aliphatic carbocycles. The fraction of sp³-hybridized carbons (Fsp3) is 0.455. The van der Waals surface area contributed by atoms with Gasteiger partial charge in [-0.05, 0) is 22.9 Å². The Hall–Kier alpha value is -1.14. The van der Waals surface area contributed by atoms with Gasteiger partial charge in [-0.3, -0.25) is 4.40 Å². The Balaban J connectivity index is 2.12. The van der Waals surface area contributed by atoms with E-state index in [0.717, 1.165) is 48.1 Å². The third-order valence-electron chi connectivity index (χ3n) is 2.94. The van der Waals surface area contributed by atoms with Crippen molar-refractivity contribution in [1.29, 1.82) is 0 Å². The molecule has 3 rings (SSSR count). The van der Waals surface area contributed by atoms with E-state index in [1.165, 1.54) is 0 Å². The van der Waals surface area contributed by atoms with Crippen LogP contribution in [0.1, 0.15) is 5.69 Å². The molecule has 2 aromatic rings. The zero-order chi connectivity index (χ0) is 11.8. The zero-order valence-electron chi connectivity index (χ0n) is 9.56. The van der Waals surface area contributed by atoms with E-state index in [1.807, 2.05) is 23.7 Å². The number of rotatable bonds is 1. The highest BCUT2D eigenvalue weighted by Gasteiger charge is 2.18. The van der Waals surface area contributed by atoms with Gasteiger partial charge in [0.05, 0.1) is 18.9 Å². The average Bonchev–Trinajstić information content (AvgIpc) is 2.67. The average molecular weight is 297 g/mol. The van der Waals surface area contributed by atoms with Gasteiger partial charge in [0, 0.05) is 25.5 Å². The molecule has 0 aromatic carbocycles. The van der Waals surface area contributed by atoms with Crippen molar-refractivity contribution in [1.82, 2.24) is 14.4 Å². The minimum atomic E-state index is 0.754. The van der Waals surface area contributed by atoms with Gasteiger partial charge in [-0.2, -0.15) is 0 Å². The minimum Gasteiger partial charge on any atom is -0.378 e. The van der Waals surface area contributed by atoms with E-state index in [2.05, 4.69) is 30.8 Å². The maximum absolute atomic E-state index is 5.36. The molecule has 5 nitrogen and oxygen atoms in total. The largest absolute Gasteiger partial charge is 0.378 e. The van der Waals surface area contributed by atoms with Crippen molar-refractivity contribution in [3.8, 4) is 0 Å². The van der Waals surface area contributed by atoms with E-state index in [4.69, 9.17) is 4.74 Å². The van der Waals surface area contributed by atoms with Crippen LogP contribution in [0.15, 0.2) is 17.0 Å². The Morgan fingerprint density at radius 2 is 2.12 bits per heavy atom. The summed E-state index contributed by atoms with van der Waals surface area (Å²) >= 11 is 3.54. The summed E-state index contributed by atoms with van der Waals surface area (Å²) in [5.41, 5.74) is 1.88. The molecule has 1 aliphatic rings. The molecule has 1 fully saturated rings. The molecule has 3 heterocycles. The highest BCUT2D eigenvalue weighted by Crippen LogP contribution is 2.24. The molecule has 1 saturated heterocycles. The standard InChI is InChI=1S/C11H13BrN4O/c1-8-9(12)16-3-2-13-10(11(16)14-8)15-4-6-17-7-5-15/h2-3H,4-7H2,1H3. The lowest BCUT2D eigenvalue weighted by molar-refractivity contribution is 0.122. The number of ether oxygens (including phenoxy) is 1. The topological polar surface area (TPSA) is 42.7 Å². The number of aryl methyl sites for hydroxylation is 1. The van der Waals surface area contributed by atoms with Gasteiger partial charge < -0.3 is 9.64 Å². The Labute approximate surface area is 108 Å². The van der Waals surface area contributed by atoms with Gasteiger partial charge in [0.2, 0.25) is 0 Å². The highest BCUT2D eigenvalue weighted by atomic mass is 79.9. The van der Waals surface area contributed by atoms with E-state index in [0.29, 0.717) is 0 Å². The Morgan fingerprint density at radius 3 is 2.88 bits per heavy atom. The third kappa shape index (κ3) is 1.81. The summed E-state index contributed by atoms with van der Waals surface area (Å²) in [6.07, 6.45) is 3.73. The number of nitrogens with zero attached hydrogens (tertiary/aromatic N) is 4. The summed E-state index contributed by atoms with van der Waals surface area (Å²) in [5, 5.41) is 0. The molecule has 6 heteroatoms. The predicted molar refractivity (Wildman–Crippen MR) is 68.5 cm³/mol. The van der Waals surface area contributed by atoms with Gasteiger partial charge in [-0.25, -0.2) is 9.97 Å². The lowest BCUT2D eigenvalue weighted by Gasteiger charge is -2.27. The van der Waals surface area contributed by atoms with Gasteiger partial charge in [0.15, 0.2) is 11.5 Å². The second-order valence-corrected chi connectivity index (χ2v) is 4.78. The summed E-state index contributed by atoms with van der Waals surface area (Å²) < 4.78 is 8.37. The zero-order valence-corrected chi connectivity index (χ0v) is 11.1. The van der Waals surface area contributed by atoms with Gasteiger partial charge in [-0.1, -0.05) is 0 Å². The third-order valence-corrected chi connectivity index (χ3v) is 3.89. The van der Waals surface area contributed by atoms with Gasteiger partial charge >= 0.3 is 0 Å². The molecule has 2 aromatic heterocycles. The maximum atomic E-state index is 5.36. The summed E-state index contributed by atoms with van der Waals surface area (Å²) in [5.74, 6) is 0.935. The molecule has 1 aliphatic heterocycles. The van der Waals surface area contributed by atoms with Crippen LogP contribution in [0.5, 0.6) is 0 Å². The van der Waals surface area contributed by atoms with Crippen LogP contribution in [0.3, 0.4) is 0 Å². The molecule has 90 valence electrons. The maximum Gasteiger partial charge on any atom is 0.181 e. The second kappa shape index (κ2) is 4.27. The first kappa shape index (κ1) is 11.0. The number of anilines is 1. The highest BCUT2D eigenvalue weighted by molar-refractivity contribution is 9.10. The van der Waals surface area contributed by atoms with Crippen LogP contribution in [0.4, 0.5) is 5.82 Å². The molecule has 0 radical (unpaired) electrons. The number of halogens is 1. The number of morpholine rings is 1. The number of hydrogen-bond donors (Lipinski definition) is 0. The lowest BCUT2D eigenvalue weighted by atomic mass is 10.4. The first-order chi connectivity index (χ1) is 8.27. The Kier molecular flexibility index (Phi) is 2.76. The van der Waals surface area contributed by atoms with E-state index in [-0.39, 0.29) is 0 Å². The van der Waals surface area contributed by atoms with Crippen LogP contribution in [0, 0.1) is 6.92 Å². The number of hydrogen-bond acceptors (Lipinski definition) is 4. The summed E-state index contributed by atoms with van der Waals surface area (Å²) in [6, 6.07) is 0. The number of imidazole rings is 1. The van der Waals surface area contributed by atoms with Crippen LogP contribution in [0.2, 0.25) is 0 Å². The molecule has 0 bridgehead atoms. The fourth-order valence-electron chi connectivity index (χ4n) is 2.05. The van der Waals surface area contributed by atoms with Crippen molar-refractivity contribution < 1.29 is 4.74 Å². The van der Waals surface area contributed by atoms with Crippen LogP contribution in [-0.4, -0.2) is 40.7 Å². The molecule has 17 heavy (non-hydrogen) atoms. The Bertz CT molecular complexity index is 548. The summed E-state index contributed by atoms with van der Waals surface area (Å²) in [7, 11) is 0. The summed E-state index contributed by atoms with van der Waals surface area (Å²) in [6.45, 7) is 5.24. The quantitative estimate of drug-likeness (QED) is 0.802. The molecule has 0 saturated carbocycles. The second-order valence-electron chi connectivity index (χ2n) is 4.03. The molecule has 0 spiro atoms. The SMILES string of the molecule is Cc1nc2c(N3CCOCC3)nccn2c1Br. The number of aromatic nitrogens is 3. The van der Waals surface area contributed by atoms with Crippen molar-refractivity contribution in [2.75, 3.05) is 31.2 Å². The van der Waals surface area contributed by atoms with Crippen molar-refractivity contribution in [3.05, 3.63) is 22.7 Å². The van der Waals surface area contributed by atoms with Crippen LogP contribution < -0.4 is 4.90 Å². The van der Waals surface area contributed by atoms with E-state index in [1.54, 1.807) is 0 Å². The van der Waals surface area contributed by atoms with E-state index in [9.17, 15) is 0 Å². The molecule has 0 unspecified atom stereocenters. The molecular formula is C11H13BrN4O. The molecule has 0 atom stereocenters. The van der Waals surface area contributed by atoms with E-state index >= 15 is 0 Å². The monoisotopic (exact) mass is 296 g/mol. The van der Waals surface area contributed by atoms with Crippen molar-refractivity contribution in [3.63, 3.8) is 0 Å². The fourth-order valence-corrected chi connectivity index (χ4v) is 2.42. The van der Waals surface area contributed by atoms with E-state index < -0.39 is 0 Å². The van der Waals surface area contributed by atoms with Gasteiger partial charge in [-0.15, -0.1) is 0 Å². The first-order valence-corrected chi connectivity index (χ1v) is 6.38.